The van der Waals surface area contributed by atoms with Crippen LogP contribution in [0.5, 0.6) is 0 Å². The summed E-state index contributed by atoms with van der Waals surface area (Å²) in [4.78, 5) is 0. The predicted molar refractivity (Wildman–Crippen MR) is 52.4 cm³/mol. The van der Waals surface area contributed by atoms with Crippen LogP contribution < -0.4 is 0 Å². The number of ether oxygens (including phenoxy) is 4. The van der Waals surface area contributed by atoms with Crippen molar-refractivity contribution in [2.75, 3.05) is 21.3 Å². The quantitative estimate of drug-likeness (QED) is 0.682. The van der Waals surface area contributed by atoms with Gasteiger partial charge < -0.3 is 18.9 Å². The molecule has 0 aromatic carbocycles. The van der Waals surface area contributed by atoms with E-state index in [0.717, 1.165) is 0 Å². The first-order valence-electron chi connectivity index (χ1n) is 4.89. The molecule has 0 amide bonds. The molecule has 1 heterocycles. The highest BCUT2D eigenvalue weighted by molar-refractivity contribution is 4.91. The summed E-state index contributed by atoms with van der Waals surface area (Å²) in [5, 5.41) is 0. The second-order valence-electron chi connectivity index (χ2n) is 3.65. The molecule has 0 N–H and O–H groups in total. The maximum Gasteiger partial charge on any atom is 0.114 e. The summed E-state index contributed by atoms with van der Waals surface area (Å²) >= 11 is 0. The largest absolute Gasteiger partial charge is 0.376 e. The molecule has 0 aromatic rings. The molecule has 4 nitrogen and oxygen atoms in total. The third-order valence-electron chi connectivity index (χ3n) is 2.82. The van der Waals surface area contributed by atoms with Gasteiger partial charge >= 0.3 is 0 Å². The Morgan fingerprint density at radius 1 is 0.714 bits per heavy atom. The highest BCUT2D eigenvalue weighted by Gasteiger charge is 2.43. The molecule has 1 saturated heterocycles. The minimum atomic E-state index is -0.0684. The van der Waals surface area contributed by atoms with E-state index in [4.69, 9.17) is 18.9 Å². The molecule has 0 bridgehead atoms. The zero-order chi connectivity index (χ0) is 10.7. The molecule has 1 unspecified atom stereocenters. The van der Waals surface area contributed by atoms with E-state index < -0.39 is 0 Å². The fourth-order valence-corrected chi connectivity index (χ4v) is 2.13. The Labute approximate surface area is 85.5 Å². The fraction of sp³-hybridized carbons (Fsp3) is 1.00. The van der Waals surface area contributed by atoms with E-state index in [1.807, 2.05) is 13.8 Å². The molecule has 0 saturated carbocycles. The average molecular weight is 204 g/mol. The van der Waals surface area contributed by atoms with Crippen molar-refractivity contribution in [2.24, 2.45) is 0 Å². The normalized spacial score (nSPS) is 43.9. The Bertz CT molecular complexity index is 158. The zero-order valence-corrected chi connectivity index (χ0v) is 9.52. The van der Waals surface area contributed by atoms with Crippen LogP contribution in [-0.2, 0) is 18.9 Å². The van der Waals surface area contributed by atoms with Gasteiger partial charge in [0.1, 0.15) is 18.3 Å². The molecule has 1 aliphatic heterocycles. The van der Waals surface area contributed by atoms with Gasteiger partial charge in [-0.05, 0) is 13.8 Å². The Balaban J connectivity index is 2.76. The maximum atomic E-state index is 5.70. The molecule has 84 valence electrons. The molecule has 0 radical (unpaired) electrons. The van der Waals surface area contributed by atoms with Crippen molar-refractivity contribution in [3.05, 3.63) is 0 Å². The van der Waals surface area contributed by atoms with Crippen LogP contribution in [0.2, 0.25) is 0 Å². The standard InChI is InChI=1S/C10H20O4/c1-6-8(11-3)10(13-5)9(12-4)7(2)14-6/h6-10H,1-5H3/t6-,7+,8-,9-,10?/m0/s1. The lowest BCUT2D eigenvalue weighted by molar-refractivity contribution is -0.233. The zero-order valence-electron chi connectivity index (χ0n) is 9.52. The topological polar surface area (TPSA) is 36.9 Å². The van der Waals surface area contributed by atoms with Crippen LogP contribution >= 0.6 is 0 Å². The van der Waals surface area contributed by atoms with Gasteiger partial charge in [-0.15, -0.1) is 0 Å². The third kappa shape index (κ3) is 2.08. The molecule has 0 spiro atoms. The van der Waals surface area contributed by atoms with Crippen molar-refractivity contribution in [2.45, 2.75) is 44.4 Å². The summed E-state index contributed by atoms with van der Waals surface area (Å²) in [6.45, 7) is 3.98. The van der Waals surface area contributed by atoms with Crippen LogP contribution in [0.4, 0.5) is 0 Å². The van der Waals surface area contributed by atoms with E-state index in [1.165, 1.54) is 0 Å². The molecule has 0 aromatic heterocycles. The van der Waals surface area contributed by atoms with Gasteiger partial charge in [-0.25, -0.2) is 0 Å². The monoisotopic (exact) mass is 204 g/mol. The predicted octanol–water partition coefficient (Wildman–Crippen LogP) is 0.839. The van der Waals surface area contributed by atoms with Crippen molar-refractivity contribution >= 4 is 0 Å². The fourth-order valence-electron chi connectivity index (χ4n) is 2.13. The summed E-state index contributed by atoms with van der Waals surface area (Å²) < 4.78 is 21.8. The van der Waals surface area contributed by atoms with Gasteiger partial charge in [-0.2, -0.15) is 0 Å². The van der Waals surface area contributed by atoms with E-state index in [1.54, 1.807) is 21.3 Å². The number of hydrogen-bond acceptors (Lipinski definition) is 4. The molecule has 5 atom stereocenters. The molecule has 0 aliphatic carbocycles. The van der Waals surface area contributed by atoms with E-state index in [9.17, 15) is 0 Å². The van der Waals surface area contributed by atoms with Crippen LogP contribution in [0.15, 0.2) is 0 Å². The SMILES string of the molecule is COC1[C@@H](OC)[C@H](C)O[C@H](C)[C@@H]1OC. The van der Waals surface area contributed by atoms with Gasteiger partial charge in [0.25, 0.3) is 0 Å². The first kappa shape index (κ1) is 11.9. The summed E-state index contributed by atoms with van der Waals surface area (Å²) in [5.41, 5.74) is 0. The lowest BCUT2D eigenvalue weighted by Crippen LogP contribution is -2.57. The molecule has 1 rings (SSSR count). The number of methoxy groups -OCH3 is 3. The number of hydrogen-bond donors (Lipinski definition) is 0. The minimum Gasteiger partial charge on any atom is -0.376 e. The molecular formula is C10H20O4. The van der Waals surface area contributed by atoms with Gasteiger partial charge in [0, 0.05) is 21.3 Å². The second-order valence-corrected chi connectivity index (χ2v) is 3.65. The third-order valence-corrected chi connectivity index (χ3v) is 2.82. The minimum absolute atomic E-state index is 0.0337. The Morgan fingerprint density at radius 2 is 1.07 bits per heavy atom. The van der Waals surface area contributed by atoms with Crippen molar-refractivity contribution in [3.8, 4) is 0 Å². The van der Waals surface area contributed by atoms with Gasteiger partial charge in [0.15, 0.2) is 0 Å². The lowest BCUT2D eigenvalue weighted by Gasteiger charge is -2.42. The molecule has 1 fully saturated rings. The molecular weight excluding hydrogens is 184 g/mol. The van der Waals surface area contributed by atoms with Crippen molar-refractivity contribution in [1.82, 2.24) is 0 Å². The van der Waals surface area contributed by atoms with Crippen molar-refractivity contribution < 1.29 is 18.9 Å². The van der Waals surface area contributed by atoms with Crippen LogP contribution in [0.1, 0.15) is 13.8 Å². The van der Waals surface area contributed by atoms with Gasteiger partial charge in [-0.3, -0.25) is 0 Å². The Morgan fingerprint density at radius 3 is 1.36 bits per heavy atom. The summed E-state index contributed by atoms with van der Waals surface area (Å²) in [6.07, 6.45) is -0.135. The van der Waals surface area contributed by atoms with Gasteiger partial charge in [0.05, 0.1) is 12.2 Å². The van der Waals surface area contributed by atoms with E-state index in [2.05, 4.69) is 0 Å². The van der Waals surface area contributed by atoms with E-state index >= 15 is 0 Å². The smallest absolute Gasteiger partial charge is 0.114 e. The Hall–Kier alpha value is -0.160. The maximum absolute atomic E-state index is 5.70. The first-order valence-corrected chi connectivity index (χ1v) is 4.89. The highest BCUT2D eigenvalue weighted by atomic mass is 16.6. The van der Waals surface area contributed by atoms with Crippen LogP contribution in [-0.4, -0.2) is 51.8 Å². The van der Waals surface area contributed by atoms with Gasteiger partial charge in [0.2, 0.25) is 0 Å². The summed E-state index contributed by atoms with van der Waals surface area (Å²) in [7, 11) is 5.01. The van der Waals surface area contributed by atoms with Crippen LogP contribution in [0.25, 0.3) is 0 Å². The lowest BCUT2D eigenvalue weighted by atomic mass is 9.96. The van der Waals surface area contributed by atoms with Crippen LogP contribution in [0.3, 0.4) is 0 Å². The molecule has 14 heavy (non-hydrogen) atoms. The molecule has 1 aliphatic rings. The number of rotatable bonds is 3. The van der Waals surface area contributed by atoms with Gasteiger partial charge in [-0.1, -0.05) is 0 Å². The second kappa shape index (κ2) is 5.07. The van der Waals surface area contributed by atoms with Crippen molar-refractivity contribution in [1.29, 1.82) is 0 Å². The summed E-state index contributed by atoms with van der Waals surface area (Å²) in [5.74, 6) is 0. The van der Waals surface area contributed by atoms with E-state index in [-0.39, 0.29) is 30.5 Å². The Kier molecular flexibility index (Phi) is 4.31. The highest BCUT2D eigenvalue weighted by Crippen LogP contribution is 2.26. The first-order chi connectivity index (χ1) is 6.65. The molecule has 4 heteroatoms. The van der Waals surface area contributed by atoms with Crippen LogP contribution in [0, 0.1) is 0 Å². The van der Waals surface area contributed by atoms with E-state index in [0.29, 0.717) is 0 Å². The summed E-state index contributed by atoms with van der Waals surface area (Å²) in [6, 6.07) is 0. The van der Waals surface area contributed by atoms with Crippen molar-refractivity contribution in [3.63, 3.8) is 0 Å². The average Bonchev–Trinajstić information content (AvgIpc) is 2.16.